The molecular formula is C16H12N2O2. The number of nitrogens with one attached hydrogen (secondary N) is 2. The summed E-state index contributed by atoms with van der Waals surface area (Å²) in [6.45, 7) is 0. The van der Waals surface area contributed by atoms with E-state index in [1.165, 1.54) is 0 Å². The fourth-order valence-electron chi connectivity index (χ4n) is 2.05. The van der Waals surface area contributed by atoms with Gasteiger partial charge in [-0.25, -0.2) is 0 Å². The molecule has 2 N–H and O–H groups in total. The van der Waals surface area contributed by atoms with Crippen molar-refractivity contribution in [1.29, 1.82) is 0 Å². The first kappa shape index (κ1) is 12.2. The van der Waals surface area contributed by atoms with Crippen molar-refractivity contribution in [2.45, 2.75) is 0 Å². The molecule has 0 saturated carbocycles. The Morgan fingerprint density at radius 1 is 1.05 bits per heavy atom. The molecule has 0 bridgehead atoms. The molecule has 20 heavy (non-hydrogen) atoms. The monoisotopic (exact) mass is 264 g/mol. The van der Waals surface area contributed by atoms with Gasteiger partial charge in [-0.1, -0.05) is 30.3 Å². The summed E-state index contributed by atoms with van der Waals surface area (Å²) in [5.41, 5.74) is 2.03. The quantitative estimate of drug-likeness (QED) is 0.713. The van der Waals surface area contributed by atoms with Gasteiger partial charge in [-0.2, -0.15) is 0 Å². The van der Waals surface area contributed by atoms with E-state index in [-0.39, 0.29) is 5.91 Å². The molecule has 1 aromatic heterocycles. The molecule has 0 atom stereocenters. The SMILES string of the molecule is O=Cc1ccc(C(=O)Nc2cc3ccccc3[nH]2)cc1. The summed E-state index contributed by atoms with van der Waals surface area (Å²) in [7, 11) is 0. The Morgan fingerprint density at radius 3 is 2.50 bits per heavy atom. The minimum atomic E-state index is -0.214. The number of anilines is 1. The van der Waals surface area contributed by atoms with Gasteiger partial charge in [0.15, 0.2) is 0 Å². The summed E-state index contributed by atoms with van der Waals surface area (Å²) in [4.78, 5) is 25.8. The lowest BCUT2D eigenvalue weighted by Gasteiger charge is -2.02. The minimum Gasteiger partial charge on any atom is -0.341 e. The second-order valence-electron chi connectivity index (χ2n) is 4.46. The first-order valence-electron chi connectivity index (χ1n) is 6.20. The maximum Gasteiger partial charge on any atom is 0.256 e. The maximum atomic E-state index is 12.1. The van der Waals surface area contributed by atoms with Crippen molar-refractivity contribution in [3.05, 3.63) is 65.7 Å². The normalized spacial score (nSPS) is 10.4. The fraction of sp³-hybridized carbons (Fsp3) is 0. The van der Waals surface area contributed by atoms with Crippen LogP contribution in [0.25, 0.3) is 10.9 Å². The maximum absolute atomic E-state index is 12.1. The van der Waals surface area contributed by atoms with Gasteiger partial charge in [0.25, 0.3) is 5.91 Å². The number of aromatic nitrogens is 1. The van der Waals surface area contributed by atoms with Crippen LogP contribution in [-0.4, -0.2) is 17.2 Å². The van der Waals surface area contributed by atoms with Gasteiger partial charge in [-0.3, -0.25) is 9.59 Å². The van der Waals surface area contributed by atoms with Gasteiger partial charge in [0.1, 0.15) is 12.1 Å². The predicted octanol–water partition coefficient (Wildman–Crippen LogP) is 3.23. The smallest absolute Gasteiger partial charge is 0.256 e. The van der Waals surface area contributed by atoms with Crippen LogP contribution in [-0.2, 0) is 0 Å². The second-order valence-corrected chi connectivity index (χ2v) is 4.46. The van der Waals surface area contributed by atoms with E-state index in [0.29, 0.717) is 16.9 Å². The average molecular weight is 264 g/mol. The van der Waals surface area contributed by atoms with Gasteiger partial charge in [-0.15, -0.1) is 0 Å². The zero-order valence-corrected chi connectivity index (χ0v) is 10.6. The Balaban J connectivity index is 1.82. The summed E-state index contributed by atoms with van der Waals surface area (Å²) in [6, 6.07) is 16.2. The Kier molecular flexibility index (Phi) is 3.05. The average Bonchev–Trinajstić information content (AvgIpc) is 2.89. The summed E-state index contributed by atoms with van der Waals surface area (Å²) >= 11 is 0. The number of carbonyl (C=O) groups excluding carboxylic acids is 2. The fourth-order valence-corrected chi connectivity index (χ4v) is 2.05. The van der Waals surface area contributed by atoms with Crippen LogP contribution in [0, 0.1) is 0 Å². The lowest BCUT2D eigenvalue weighted by Crippen LogP contribution is -2.11. The third-order valence-corrected chi connectivity index (χ3v) is 3.09. The highest BCUT2D eigenvalue weighted by Crippen LogP contribution is 2.18. The van der Waals surface area contributed by atoms with Gasteiger partial charge in [0, 0.05) is 22.0 Å². The highest BCUT2D eigenvalue weighted by Gasteiger charge is 2.07. The highest BCUT2D eigenvalue weighted by atomic mass is 16.1. The van der Waals surface area contributed by atoms with E-state index >= 15 is 0 Å². The lowest BCUT2D eigenvalue weighted by molar-refractivity contribution is 0.102. The first-order chi connectivity index (χ1) is 9.76. The van der Waals surface area contributed by atoms with Crippen LogP contribution in [0.2, 0.25) is 0 Å². The molecule has 0 saturated heterocycles. The number of aromatic amines is 1. The number of benzene rings is 2. The van der Waals surface area contributed by atoms with Crippen LogP contribution in [0.1, 0.15) is 20.7 Å². The van der Waals surface area contributed by atoms with Crippen molar-refractivity contribution in [3.8, 4) is 0 Å². The van der Waals surface area contributed by atoms with Crippen LogP contribution in [0.5, 0.6) is 0 Å². The molecule has 0 unspecified atom stereocenters. The van der Waals surface area contributed by atoms with Crippen molar-refractivity contribution >= 4 is 28.9 Å². The first-order valence-corrected chi connectivity index (χ1v) is 6.20. The van der Waals surface area contributed by atoms with Crippen molar-refractivity contribution < 1.29 is 9.59 Å². The van der Waals surface area contributed by atoms with Crippen LogP contribution in [0.4, 0.5) is 5.82 Å². The number of hydrogen-bond acceptors (Lipinski definition) is 2. The Morgan fingerprint density at radius 2 is 1.80 bits per heavy atom. The van der Waals surface area contributed by atoms with E-state index in [2.05, 4.69) is 10.3 Å². The minimum absolute atomic E-state index is 0.214. The largest absolute Gasteiger partial charge is 0.341 e. The summed E-state index contributed by atoms with van der Waals surface area (Å²) < 4.78 is 0. The molecule has 0 aliphatic rings. The third kappa shape index (κ3) is 2.31. The van der Waals surface area contributed by atoms with E-state index in [9.17, 15) is 9.59 Å². The number of fused-ring (bicyclic) bond motifs is 1. The summed E-state index contributed by atoms with van der Waals surface area (Å²) in [5.74, 6) is 0.435. The molecule has 0 fully saturated rings. The number of para-hydroxylation sites is 1. The summed E-state index contributed by atoms with van der Waals surface area (Å²) in [6.07, 6.45) is 0.749. The topological polar surface area (TPSA) is 62.0 Å². The molecule has 0 radical (unpaired) electrons. The number of amides is 1. The zero-order chi connectivity index (χ0) is 13.9. The van der Waals surface area contributed by atoms with Gasteiger partial charge in [0.05, 0.1) is 0 Å². The molecule has 3 aromatic rings. The Hall–Kier alpha value is -2.88. The van der Waals surface area contributed by atoms with E-state index in [1.54, 1.807) is 24.3 Å². The molecule has 3 rings (SSSR count). The Bertz CT molecular complexity index is 740. The highest BCUT2D eigenvalue weighted by molar-refractivity contribution is 6.05. The molecule has 4 heteroatoms. The third-order valence-electron chi connectivity index (χ3n) is 3.09. The zero-order valence-electron chi connectivity index (χ0n) is 10.6. The van der Waals surface area contributed by atoms with E-state index in [4.69, 9.17) is 0 Å². The number of carbonyl (C=O) groups is 2. The standard InChI is InChI=1S/C16H12N2O2/c19-10-11-5-7-12(8-6-11)16(20)18-15-9-13-3-1-2-4-14(13)17-15/h1-10,17H,(H,18,20). The number of hydrogen-bond donors (Lipinski definition) is 2. The number of aldehydes is 1. The van der Waals surface area contributed by atoms with Gasteiger partial charge in [-0.05, 0) is 24.3 Å². The van der Waals surface area contributed by atoms with E-state index in [1.807, 2.05) is 30.3 Å². The van der Waals surface area contributed by atoms with Crippen LogP contribution in [0.15, 0.2) is 54.6 Å². The molecule has 1 heterocycles. The van der Waals surface area contributed by atoms with Crippen molar-refractivity contribution in [1.82, 2.24) is 4.98 Å². The number of H-pyrrole nitrogens is 1. The molecule has 4 nitrogen and oxygen atoms in total. The van der Waals surface area contributed by atoms with Crippen molar-refractivity contribution in [3.63, 3.8) is 0 Å². The van der Waals surface area contributed by atoms with Crippen LogP contribution in [0.3, 0.4) is 0 Å². The van der Waals surface area contributed by atoms with Gasteiger partial charge >= 0.3 is 0 Å². The van der Waals surface area contributed by atoms with E-state index in [0.717, 1.165) is 17.2 Å². The molecular weight excluding hydrogens is 252 g/mol. The van der Waals surface area contributed by atoms with Gasteiger partial charge < -0.3 is 10.3 Å². The van der Waals surface area contributed by atoms with Crippen LogP contribution >= 0.6 is 0 Å². The number of rotatable bonds is 3. The van der Waals surface area contributed by atoms with Gasteiger partial charge in [0.2, 0.25) is 0 Å². The molecule has 98 valence electrons. The van der Waals surface area contributed by atoms with E-state index < -0.39 is 0 Å². The van der Waals surface area contributed by atoms with Crippen LogP contribution < -0.4 is 5.32 Å². The van der Waals surface area contributed by atoms with Crippen molar-refractivity contribution in [2.75, 3.05) is 5.32 Å². The molecule has 0 aliphatic carbocycles. The Labute approximate surface area is 115 Å². The molecule has 1 amide bonds. The molecule has 0 spiro atoms. The second kappa shape index (κ2) is 5.01. The molecule has 2 aromatic carbocycles. The molecule has 0 aliphatic heterocycles. The predicted molar refractivity (Wildman–Crippen MR) is 78.1 cm³/mol. The van der Waals surface area contributed by atoms with Crippen molar-refractivity contribution in [2.24, 2.45) is 0 Å². The summed E-state index contributed by atoms with van der Waals surface area (Å²) in [5, 5.41) is 3.84. The lowest BCUT2D eigenvalue weighted by atomic mass is 10.1.